The summed E-state index contributed by atoms with van der Waals surface area (Å²) < 4.78 is 38.6. The van der Waals surface area contributed by atoms with Crippen molar-refractivity contribution in [2.24, 2.45) is 0 Å². The summed E-state index contributed by atoms with van der Waals surface area (Å²) in [6.45, 7) is 0.114. The number of anilines is 2. The normalized spacial score (nSPS) is 12.5. The van der Waals surface area contributed by atoms with Gasteiger partial charge in [0, 0.05) is 16.8 Å². The summed E-state index contributed by atoms with van der Waals surface area (Å²) in [7, 11) is -4.09. The van der Waals surface area contributed by atoms with Gasteiger partial charge >= 0.3 is 0 Å². The van der Waals surface area contributed by atoms with Crippen molar-refractivity contribution in [2.45, 2.75) is 4.90 Å². The van der Waals surface area contributed by atoms with Gasteiger partial charge in [0.2, 0.25) is 6.79 Å². The van der Waals surface area contributed by atoms with Gasteiger partial charge in [-0.3, -0.25) is 9.52 Å². The number of fused-ring (bicyclic) bond motifs is 1. The van der Waals surface area contributed by atoms with Gasteiger partial charge in [-0.1, -0.05) is 35.3 Å². The van der Waals surface area contributed by atoms with E-state index in [9.17, 15) is 13.2 Å². The summed E-state index contributed by atoms with van der Waals surface area (Å²) in [6.07, 6.45) is 0. The first kappa shape index (κ1) is 20.3. The van der Waals surface area contributed by atoms with Crippen LogP contribution in [0.15, 0.2) is 65.6 Å². The first-order valence-corrected chi connectivity index (χ1v) is 10.9. The molecule has 0 bridgehead atoms. The third kappa shape index (κ3) is 4.16. The van der Waals surface area contributed by atoms with Crippen LogP contribution in [0.2, 0.25) is 10.0 Å². The molecular formula is C20H14Cl2N2O5S. The molecular weight excluding hydrogens is 451 g/mol. The highest BCUT2D eigenvalue weighted by Gasteiger charge is 2.22. The van der Waals surface area contributed by atoms with E-state index in [1.807, 2.05) is 0 Å². The van der Waals surface area contributed by atoms with E-state index in [0.717, 1.165) is 0 Å². The Labute approximate surface area is 182 Å². The molecule has 7 nitrogen and oxygen atoms in total. The van der Waals surface area contributed by atoms with Gasteiger partial charge in [0.15, 0.2) is 11.5 Å². The molecule has 0 fully saturated rings. The van der Waals surface area contributed by atoms with Gasteiger partial charge in [-0.15, -0.1) is 0 Å². The number of carbonyl (C=O) groups is 1. The van der Waals surface area contributed by atoms with Gasteiger partial charge in [0.05, 0.1) is 16.3 Å². The van der Waals surface area contributed by atoms with Gasteiger partial charge in [-0.25, -0.2) is 8.42 Å². The Bertz CT molecular complexity index is 1250. The van der Waals surface area contributed by atoms with Crippen LogP contribution in [0, 0.1) is 0 Å². The molecule has 3 aromatic carbocycles. The lowest BCUT2D eigenvalue weighted by Gasteiger charge is -2.14. The highest BCUT2D eigenvalue weighted by atomic mass is 35.5. The quantitative estimate of drug-likeness (QED) is 0.566. The largest absolute Gasteiger partial charge is 0.454 e. The molecule has 1 heterocycles. The van der Waals surface area contributed by atoms with Gasteiger partial charge in [0.1, 0.15) is 4.90 Å². The maximum Gasteiger partial charge on any atom is 0.263 e. The Morgan fingerprint density at radius 1 is 0.933 bits per heavy atom. The number of rotatable bonds is 5. The summed E-state index contributed by atoms with van der Waals surface area (Å²) in [5, 5.41) is 2.94. The number of para-hydroxylation sites is 1. The van der Waals surface area contributed by atoms with E-state index in [4.69, 9.17) is 32.7 Å². The van der Waals surface area contributed by atoms with Gasteiger partial charge < -0.3 is 14.8 Å². The molecule has 0 saturated heterocycles. The molecule has 10 heteroatoms. The molecule has 1 aliphatic rings. The highest BCUT2D eigenvalue weighted by Crippen LogP contribution is 2.34. The molecule has 154 valence electrons. The molecule has 0 aromatic heterocycles. The molecule has 30 heavy (non-hydrogen) atoms. The van der Waals surface area contributed by atoms with Crippen LogP contribution in [-0.4, -0.2) is 21.1 Å². The lowest BCUT2D eigenvalue weighted by molar-refractivity contribution is 0.102. The third-order valence-electron chi connectivity index (χ3n) is 4.23. The minimum atomic E-state index is -4.09. The van der Waals surface area contributed by atoms with E-state index in [2.05, 4.69) is 10.0 Å². The fourth-order valence-corrected chi connectivity index (χ4v) is 4.67. The predicted molar refractivity (Wildman–Crippen MR) is 114 cm³/mol. The molecule has 0 radical (unpaired) electrons. The van der Waals surface area contributed by atoms with Crippen molar-refractivity contribution in [3.05, 3.63) is 76.3 Å². The van der Waals surface area contributed by atoms with Crippen molar-refractivity contribution in [2.75, 3.05) is 16.8 Å². The number of hydrogen-bond donors (Lipinski definition) is 2. The second-order valence-electron chi connectivity index (χ2n) is 6.25. The zero-order valence-corrected chi connectivity index (χ0v) is 17.5. The number of hydrogen-bond acceptors (Lipinski definition) is 5. The second kappa shape index (κ2) is 8.06. The maximum absolute atomic E-state index is 12.8. The summed E-state index contributed by atoms with van der Waals surface area (Å²) in [4.78, 5) is 12.6. The van der Waals surface area contributed by atoms with Crippen LogP contribution < -0.4 is 19.5 Å². The van der Waals surface area contributed by atoms with Crippen molar-refractivity contribution < 1.29 is 22.7 Å². The molecule has 0 aliphatic carbocycles. The van der Waals surface area contributed by atoms with E-state index in [-0.39, 0.29) is 33.0 Å². The number of halogens is 2. The van der Waals surface area contributed by atoms with Crippen molar-refractivity contribution in [1.29, 1.82) is 0 Å². The van der Waals surface area contributed by atoms with Crippen LogP contribution in [0.25, 0.3) is 0 Å². The van der Waals surface area contributed by atoms with Crippen molar-refractivity contribution in [3.8, 4) is 11.5 Å². The lowest BCUT2D eigenvalue weighted by Crippen LogP contribution is -2.19. The smallest absolute Gasteiger partial charge is 0.263 e. The Kier molecular flexibility index (Phi) is 5.46. The summed E-state index contributed by atoms with van der Waals surface area (Å²) >= 11 is 11.9. The van der Waals surface area contributed by atoms with Crippen molar-refractivity contribution >= 4 is 50.5 Å². The van der Waals surface area contributed by atoms with Gasteiger partial charge in [-0.05, 0) is 42.5 Å². The predicted octanol–water partition coefficient (Wildman–Crippen LogP) is 4.78. The molecule has 3 aromatic rings. The van der Waals surface area contributed by atoms with Crippen molar-refractivity contribution in [1.82, 2.24) is 0 Å². The molecule has 0 atom stereocenters. The molecule has 1 amide bonds. The topological polar surface area (TPSA) is 93.7 Å². The average Bonchev–Trinajstić information content (AvgIpc) is 3.17. The monoisotopic (exact) mass is 464 g/mol. The lowest BCUT2D eigenvalue weighted by atomic mass is 10.1. The zero-order valence-electron chi connectivity index (χ0n) is 15.2. The molecule has 0 unspecified atom stereocenters. The summed E-state index contributed by atoms with van der Waals surface area (Å²) in [5.74, 6) is 0.585. The standard InChI is InChI=1S/C20H14Cl2N2O5S/c21-12-5-7-15(22)19(9-12)30(26,27)24-16-4-2-1-3-14(16)20(25)23-13-6-8-17-18(10-13)29-11-28-17/h1-10,24H,11H2,(H,23,25). The number of carbonyl (C=O) groups excluding carboxylic acids is 1. The summed E-state index contributed by atoms with van der Waals surface area (Å²) in [5.41, 5.74) is 0.684. The van der Waals surface area contributed by atoms with E-state index >= 15 is 0 Å². The Hall–Kier alpha value is -2.94. The SMILES string of the molecule is O=C(Nc1ccc2c(c1)OCO2)c1ccccc1NS(=O)(=O)c1cc(Cl)ccc1Cl. The number of sulfonamides is 1. The Morgan fingerprint density at radius 2 is 1.70 bits per heavy atom. The molecule has 4 rings (SSSR count). The summed E-state index contributed by atoms with van der Waals surface area (Å²) in [6, 6.07) is 15.3. The average molecular weight is 465 g/mol. The minimum absolute atomic E-state index is 0.00851. The van der Waals surface area contributed by atoms with E-state index < -0.39 is 15.9 Å². The Balaban J connectivity index is 1.61. The first-order valence-electron chi connectivity index (χ1n) is 8.61. The highest BCUT2D eigenvalue weighted by molar-refractivity contribution is 7.92. The van der Waals surface area contributed by atoms with Crippen LogP contribution in [0.1, 0.15) is 10.4 Å². The molecule has 1 aliphatic heterocycles. The second-order valence-corrected chi connectivity index (χ2v) is 8.74. The van der Waals surface area contributed by atoms with Crippen LogP contribution >= 0.6 is 23.2 Å². The molecule has 0 saturated carbocycles. The number of ether oxygens (including phenoxy) is 2. The maximum atomic E-state index is 12.8. The fraction of sp³-hybridized carbons (Fsp3) is 0.0500. The molecule has 0 spiro atoms. The number of amides is 1. The Morgan fingerprint density at radius 3 is 2.53 bits per heavy atom. The van der Waals surface area contributed by atoms with Crippen molar-refractivity contribution in [3.63, 3.8) is 0 Å². The zero-order chi connectivity index (χ0) is 21.3. The number of nitrogens with one attached hydrogen (secondary N) is 2. The van der Waals surface area contributed by atoms with E-state index in [1.165, 1.54) is 30.3 Å². The van der Waals surface area contributed by atoms with E-state index in [1.54, 1.807) is 30.3 Å². The number of benzene rings is 3. The first-order chi connectivity index (χ1) is 14.3. The van der Waals surface area contributed by atoms with Crippen LogP contribution in [0.3, 0.4) is 0 Å². The molecule has 2 N–H and O–H groups in total. The van der Waals surface area contributed by atoms with E-state index in [0.29, 0.717) is 17.2 Å². The third-order valence-corrected chi connectivity index (χ3v) is 6.31. The van der Waals surface area contributed by atoms with Crippen LogP contribution in [0.5, 0.6) is 11.5 Å². The minimum Gasteiger partial charge on any atom is -0.454 e. The fourth-order valence-electron chi connectivity index (χ4n) is 2.83. The van der Waals surface area contributed by atoms with Gasteiger partial charge in [-0.2, -0.15) is 0 Å². The van der Waals surface area contributed by atoms with Gasteiger partial charge in [0.25, 0.3) is 15.9 Å². The van der Waals surface area contributed by atoms with Crippen LogP contribution in [0.4, 0.5) is 11.4 Å². The van der Waals surface area contributed by atoms with Crippen LogP contribution in [-0.2, 0) is 10.0 Å².